The quantitative estimate of drug-likeness (QED) is 0.940. The molecule has 0 saturated carbocycles. The Bertz CT molecular complexity index is 603. The van der Waals surface area contributed by atoms with E-state index in [1.54, 1.807) is 24.5 Å². The zero-order chi connectivity index (χ0) is 14.8. The third-order valence-electron chi connectivity index (χ3n) is 4.06. The minimum Gasteiger partial charge on any atom is -0.348 e. The fraction of sp³-hybridized carbons (Fsp3) is 0.375. The van der Waals surface area contributed by atoms with E-state index in [1.165, 1.54) is 12.1 Å². The molecule has 3 rings (SSSR count). The van der Waals surface area contributed by atoms with Crippen LogP contribution in [0.2, 0.25) is 0 Å². The number of imidazole rings is 1. The van der Waals surface area contributed by atoms with E-state index < -0.39 is 0 Å². The molecule has 1 amide bonds. The Morgan fingerprint density at radius 1 is 1.43 bits per heavy atom. The van der Waals surface area contributed by atoms with E-state index in [1.807, 2.05) is 11.8 Å². The molecular weight excluding hydrogens is 269 g/mol. The normalized spacial score (nSPS) is 16.6. The minimum atomic E-state index is -0.249. The molecule has 1 N–H and O–H groups in total. The first kappa shape index (κ1) is 13.8. The van der Waals surface area contributed by atoms with E-state index >= 15 is 0 Å². The lowest BCUT2D eigenvalue weighted by Gasteiger charge is -2.38. The van der Waals surface area contributed by atoms with Crippen molar-refractivity contribution in [2.24, 2.45) is 0 Å². The van der Waals surface area contributed by atoms with Gasteiger partial charge in [0.2, 0.25) is 5.91 Å². The lowest BCUT2D eigenvalue weighted by molar-refractivity contribution is -0.136. The predicted molar refractivity (Wildman–Crippen MR) is 77.3 cm³/mol. The summed E-state index contributed by atoms with van der Waals surface area (Å²) in [5.41, 5.74) is 0.993. The van der Waals surface area contributed by atoms with Gasteiger partial charge < -0.3 is 9.88 Å². The van der Waals surface area contributed by atoms with Crippen LogP contribution in [0.3, 0.4) is 0 Å². The van der Waals surface area contributed by atoms with E-state index in [0.29, 0.717) is 12.3 Å². The molecule has 0 radical (unpaired) electrons. The summed E-state index contributed by atoms with van der Waals surface area (Å²) in [6.45, 7) is 3.44. The van der Waals surface area contributed by atoms with Crippen molar-refractivity contribution < 1.29 is 9.18 Å². The van der Waals surface area contributed by atoms with Crippen LogP contribution in [0.4, 0.5) is 4.39 Å². The highest BCUT2D eigenvalue weighted by molar-refractivity contribution is 5.78. The van der Waals surface area contributed by atoms with Gasteiger partial charge >= 0.3 is 0 Å². The van der Waals surface area contributed by atoms with Crippen LogP contribution < -0.4 is 0 Å². The molecule has 5 heteroatoms. The summed E-state index contributed by atoms with van der Waals surface area (Å²) in [4.78, 5) is 21.4. The third-order valence-corrected chi connectivity index (χ3v) is 4.06. The number of H-pyrrole nitrogens is 1. The van der Waals surface area contributed by atoms with Gasteiger partial charge in [-0.25, -0.2) is 9.37 Å². The smallest absolute Gasteiger partial charge is 0.223 e. The van der Waals surface area contributed by atoms with Gasteiger partial charge in [-0.3, -0.25) is 4.79 Å². The van der Waals surface area contributed by atoms with Gasteiger partial charge in [-0.2, -0.15) is 0 Å². The van der Waals surface area contributed by atoms with Crippen molar-refractivity contribution in [1.29, 1.82) is 0 Å². The first-order valence-corrected chi connectivity index (χ1v) is 7.16. The zero-order valence-electron chi connectivity index (χ0n) is 11.9. The van der Waals surface area contributed by atoms with Crippen molar-refractivity contribution >= 4 is 5.91 Å². The summed E-state index contributed by atoms with van der Waals surface area (Å²) < 4.78 is 12.9. The lowest BCUT2D eigenvalue weighted by Crippen LogP contribution is -2.49. The molecule has 2 aromatic rings. The molecule has 1 unspecified atom stereocenters. The average Bonchev–Trinajstić information content (AvgIpc) is 2.91. The van der Waals surface area contributed by atoms with Gasteiger partial charge in [0, 0.05) is 31.9 Å². The van der Waals surface area contributed by atoms with Crippen LogP contribution in [0.1, 0.15) is 36.6 Å². The predicted octanol–water partition coefficient (Wildman–Crippen LogP) is 2.67. The van der Waals surface area contributed by atoms with Gasteiger partial charge in [0.05, 0.1) is 5.92 Å². The molecule has 1 fully saturated rings. The van der Waals surface area contributed by atoms with Crippen LogP contribution in [-0.4, -0.2) is 33.9 Å². The number of carbonyl (C=O) groups excluding carboxylic acids is 1. The van der Waals surface area contributed by atoms with Gasteiger partial charge in [-0.15, -0.1) is 0 Å². The second-order valence-corrected chi connectivity index (χ2v) is 5.63. The van der Waals surface area contributed by atoms with E-state index in [0.717, 1.165) is 24.5 Å². The fourth-order valence-electron chi connectivity index (χ4n) is 2.66. The fourth-order valence-corrected chi connectivity index (χ4v) is 2.66. The molecule has 110 valence electrons. The molecule has 2 heterocycles. The number of hydrogen-bond donors (Lipinski definition) is 1. The molecular formula is C16H18FN3O. The molecule has 1 aromatic heterocycles. The van der Waals surface area contributed by atoms with Gasteiger partial charge in [-0.05, 0) is 23.6 Å². The summed E-state index contributed by atoms with van der Waals surface area (Å²) in [6.07, 6.45) is 3.99. The second-order valence-electron chi connectivity index (χ2n) is 5.63. The van der Waals surface area contributed by atoms with Crippen LogP contribution in [-0.2, 0) is 4.79 Å². The third kappa shape index (κ3) is 2.96. The Morgan fingerprint density at radius 2 is 2.14 bits per heavy atom. The van der Waals surface area contributed by atoms with Crippen LogP contribution in [0.15, 0.2) is 36.7 Å². The molecule has 21 heavy (non-hydrogen) atoms. The SMILES string of the molecule is CC(CC(=O)N1CC(c2ncc[nH]2)C1)c1ccc(F)cc1. The van der Waals surface area contributed by atoms with Crippen LogP contribution in [0.5, 0.6) is 0 Å². The number of likely N-dealkylation sites (tertiary alicyclic amines) is 1. The molecule has 1 aliphatic rings. The highest BCUT2D eigenvalue weighted by atomic mass is 19.1. The summed E-state index contributed by atoms with van der Waals surface area (Å²) in [7, 11) is 0. The number of carbonyl (C=O) groups is 1. The number of hydrogen-bond acceptors (Lipinski definition) is 2. The van der Waals surface area contributed by atoms with Gasteiger partial charge in [0.25, 0.3) is 0 Å². The van der Waals surface area contributed by atoms with E-state index in [4.69, 9.17) is 0 Å². The highest BCUT2D eigenvalue weighted by Crippen LogP contribution is 2.27. The summed E-state index contributed by atoms with van der Waals surface area (Å²) >= 11 is 0. The van der Waals surface area contributed by atoms with E-state index in [9.17, 15) is 9.18 Å². The second kappa shape index (κ2) is 5.68. The number of halogens is 1. The van der Waals surface area contributed by atoms with Crippen molar-refractivity contribution in [3.63, 3.8) is 0 Å². The molecule has 0 spiro atoms. The molecule has 0 aliphatic carbocycles. The van der Waals surface area contributed by atoms with E-state index in [2.05, 4.69) is 9.97 Å². The highest BCUT2D eigenvalue weighted by Gasteiger charge is 2.33. The number of rotatable bonds is 4. The van der Waals surface area contributed by atoms with Gasteiger partial charge in [0.15, 0.2) is 0 Å². The molecule has 1 aromatic carbocycles. The first-order chi connectivity index (χ1) is 10.1. The van der Waals surface area contributed by atoms with Crippen molar-refractivity contribution in [2.45, 2.75) is 25.2 Å². The number of aromatic amines is 1. The van der Waals surface area contributed by atoms with Gasteiger partial charge in [-0.1, -0.05) is 19.1 Å². The summed E-state index contributed by atoms with van der Waals surface area (Å²) in [5, 5.41) is 0. The maximum Gasteiger partial charge on any atom is 0.223 e. The van der Waals surface area contributed by atoms with Gasteiger partial charge in [0.1, 0.15) is 11.6 Å². The van der Waals surface area contributed by atoms with Crippen molar-refractivity contribution in [3.8, 4) is 0 Å². The standard InChI is InChI=1S/C16H18FN3O/c1-11(12-2-4-14(17)5-3-12)8-15(21)20-9-13(10-20)16-18-6-7-19-16/h2-7,11,13H,8-10H2,1H3,(H,18,19). The lowest BCUT2D eigenvalue weighted by atomic mass is 9.94. The van der Waals surface area contributed by atoms with Crippen LogP contribution in [0.25, 0.3) is 0 Å². The topological polar surface area (TPSA) is 49.0 Å². The molecule has 1 aliphatic heterocycles. The monoisotopic (exact) mass is 287 g/mol. The zero-order valence-corrected chi connectivity index (χ0v) is 11.9. The van der Waals surface area contributed by atoms with Crippen molar-refractivity contribution in [3.05, 3.63) is 53.9 Å². The Kier molecular flexibility index (Phi) is 3.73. The first-order valence-electron chi connectivity index (χ1n) is 7.16. The Labute approximate surface area is 123 Å². The van der Waals surface area contributed by atoms with Crippen molar-refractivity contribution in [2.75, 3.05) is 13.1 Å². The maximum atomic E-state index is 12.9. The Morgan fingerprint density at radius 3 is 2.76 bits per heavy atom. The number of benzene rings is 1. The number of nitrogens with zero attached hydrogens (tertiary/aromatic N) is 2. The van der Waals surface area contributed by atoms with E-state index in [-0.39, 0.29) is 17.6 Å². The number of aromatic nitrogens is 2. The van der Waals surface area contributed by atoms with Crippen molar-refractivity contribution in [1.82, 2.24) is 14.9 Å². The summed E-state index contributed by atoms with van der Waals surface area (Å²) in [5.74, 6) is 1.27. The molecule has 1 saturated heterocycles. The van der Waals surface area contributed by atoms with Crippen LogP contribution in [0, 0.1) is 5.82 Å². The number of nitrogens with one attached hydrogen (secondary N) is 1. The molecule has 4 nitrogen and oxygen atoms in total. The maximum absolute atomic E-state index is 12.9. The molecule has 1 atom stereocenters. The largest absolute Gasteiger partial charge is 0.348 e. The Balaban J connectivity index is 1.52. The van der Waals surface area contributed by atoms with Crippen LogP contribution >= 0.6 is 0 Å². The summed E-state index contributed by atoms with van der Waals surface area (Å²) in [6, 6.07) is 6.36. The number of amides is 1. The minimum absolute atomic E-state index is 0.0979. The molecule has 0 bridgehead atoms. The average molecular weight is 287 g/mol. The Hall–Kier alpha value is -2.17.